The minimum absolute atomic E-state index is 0.129. The zero-order chi connectivity index (χ0) is 12.6. The normalized spacial score (nSPS) is 16.0. The SMILES string of the molecule is CCCC(CS(=O)(=O)CC(C)CC)NCC. The molecule has 0 spiro atoms. The molecule has 16 heavy (non-hydrogen) atoms. The van der Waals surface area contributed by atoms with Gasteiger partial charge in [0.15, 0.2) is 9.84 Å². The molecule has 0 aliphatic rings. The van der Waals surface area contributed by atoms with Crippen molar-refractivity contribution in [3.05, 3.63) is 0 Å². The van der Waals surface area contributed by atoms with Gasteiger partial charge in [-0.25, -0.2) is 8.42 Å². The van der Waals surface area contributed by atoms with Crippen LogP contribution < -0.4 is 5.32 Å². The summed E-state index contributed by atoms with van der Waals surface area (Å²) in [4.78, 5) is 0. The summed E-state index contributed by atoms with van der Waals surface area (Å²) < 4.78 is 23.8. The fraction of sp³-hybridized carbons (Fsp3) is 1.00. The molecule has 0 rings (SSSR count). The van der Waals surface area contributed by atoms with E-state index in [2.05, 4.69) is 12.2 Å². The summed E-state index contributed by atoms with van der Waals surface area (Å²) in [5, 5.41) is 3.25. The lowest BCUT2D eigenvalue weighted by atomic mass is 10.2. The van der Waals surface area contributed by atoms with E-state index >= 15 is 0 Å². The Morgan fingerprint density at radius 3 is 2.19 bits per heavy atom. The summed E-state index contributed by atoms with van der Waals surface area (Å²) in [6, 6.07) is 0.129. The Kier molecular flexibility index (Phi) is 8.02. The molecule has 0 radical (unpaired) electrons. The van der Waals surface area contributed by atoms with E-state index in [-0.39, 0.29) is 12.0 Å². The van der Waals surface area contributed by atoms with Gasteiger partial charge in [0.2, 0.25) is 0 Å². The van der Waals surface area contributed by atoms with Crippen molar-refractivity contribution in [1.82, 2.24) is 5.32 Å². The van der Waals surface area contributed by atoms with Gasteiger partial charge in [-0.05, 0) is 18.9 Å². The van der Waals surface area contributed by atoms with Crippen LogP contribution >= 0.6 is 0 Å². The Bertz CT molecular complexity index is 256. The van der Waals surface area contributed by atoms with Crippen molar-refractivity contribution >= 4 is 9.84 Å². The molecule has 0 aromatic carbocycles. The largest absolute Gasteiger partial charge is 0.313 e. The molecule has 1 N–H and O–H groups in total. The Labute approximate surface area is 101 Å². The lowest BCUT2D eigenvalue weighted by Gasteiger charge is -2.18. The summed E-state index contributed by atoms with van der Waals surface area (Å²) >= 11 is 0. The van der Waals surface area contributed by atoms with E-state index in [1.54, 1.807) is 0 Å². The zero-order valence-corrected chi connectivity index (χ0v) is 11.9. The molecule has 0 aromatic heterocycles. The minimum atomic E-state index is -2.90. The third-order valence-corrected chi connectivity index (χ3v) is 4.81. The molecule has 0 heterocycles. The van der Waals surface area contributed by atoms with Crippen LogP contribution in [0.15, 0.2) is 0 Å². The van der Waals surface area contributed by atoms with Crippen molar-refractivity contribution in [3.8, 4) is 0 Å². The van der Waals surface area contributed by atoms with E-state index in [0.717, 1.165) is 25.8 Å². The van der Waals surface area contributed by atoms with Crippen molar-refractivity contribution in [2.75, 3.05) is 18.1 Å². The Morgan fingerprint density at radius 1 is 1.12 bits per heavy atom. The van der Waals surface area contributed by atoms with Crippen molar-refractivity contribution in [2.45, 2.75) is 53.0 Å². The van der Waals surface area contributed by atoms with E-state index in [1.165, 1.54) is 0 Å². The molecule has 0 aliphatic carbocycles. The third-order valence-electron chi connectivity index (χ3n) is 2.82. The second-order valence-electron chi connectivity index (χ2n) is 4.63. The highest BCUT2D eigenvalue weighted by atomic mass is 32.2. The summed E-state index contributed by atoms with van der Waals surface area (Å²) in [6.45, 7) is 8.98. The van der Waals surface area contributed by atoms with Crippen LogP contribution in [-0.2, 0) is 9.84 Å². The molecule has 0 saturated heterocycles. The van der Waals surface area contributed by atoms with Crippen LogP contribution in [0.4, 0.5) is 0 Å². The summed E-state index contributed by atoms with van der Waals surface area (Å²) in [7, 11) is -2.90. The van der Waals surface area contributed by atoms with E-state index in [4.69, 9.17) is 0 Å². The zero-order valence-electron chi connectivity index (χ0n) is 11.1. The Hall–Kier alpha value is -0.0900. The molecule has 0 fully saturated rings. The van der Waals surface area contributed by atoms with Crippen LogP contribution in [0.1, 0.15) is 47.0 Å². The smallest absolute Gasteiger partial charge is 0.152 e. The van der Waals surface area contributed by atoms with Gasteiger partial charge in [-0.2, -0.15) is 0 Å². The monoisotopic (exact) mass is 249 g/mol. The van der Waals surface area contributed by atoms with Crippen LogP contribution in [0.25, 0.3) is 0 Å². The number of hydrogen-bond acceptors (Lipinski definition) is 3. The van der Waals surface area contributed by atoms with Gasteiger partial charge in [-0.15, -0.1) is 0 Å². The van der Waals surface area contributed by atoms with Crippen LogP contribution in [0.3, 0.4) is 0 Å². The van der Waals surface area contributed by atoms with Gasteiger partial charge in [0.1, 0.15) is 0 Å². The van der Waals surface area contributed by atoms with Gasteiger partial charge in [-0.1, -0.05) is 40.5 Å². The maximum atomic E-state index is 11.9. The van der Waals surface area contributed by atoms with Gasteiger partial charge in [0, 0.05) is 6.04 Å². The second kappa shape index (κ2) is 8.07. The number of sulfone groups is 1. The molecular formula is C12H27NO2S. The van der Waals surface area contributed by atoms with E-state index in [9.17, 15) is 8.42 Å². The first-order valence-electron chi connectivity index (χ1n) is 6.38. The van der Waals surface area contributed by atoms with Crippen molar-refractivity contribution in [1.29, 1.82) is 0 Å². The predicted molar refractivity (Wildman–Crippen MR) is 70.5 cm³/mol. The standard InChI is InChI=1S/C12H27NO2S/c1-5-8-12(13-7-3)10-16(14,15)9-11(4)6-2/h11-13H,5-10H2,1-4H3. The van der Waals surface area contributed by atoms with Crippen LogP contribution in [0, 0.1) is 5.92 Å². The van der Waals surface area contributed by atoms with E-state index in [1.807, 2.05) is 20.8 Å². The highest BCUT2D eigenvalue weighted by Gasteiger charge is 2.19. The molecule has 0 amide bonds. The number of nitrogens with one attached hydrogen (secondary N) is 1. The summed E-state index contributed by atoms with van der Waals surface area (Å²) in [5.41, 5.74) is 0. The Balaban J connectivity index is 4.29. The molecule has 3 nitrogen and oxygen atoms in total. The van der Waals surface area contributed by atoms with Crippen molar-refractivity contribution in [2.24, 2.45) is 5.92 Å². The van der Waals surface area contributed by atoms with Gasteiger partial charge in [0.25, 0.3) is 0 Å². The maximum Gasteiger partial charge on any atom is 0.152 e. The van der Waals surface area contributed by atoms with Crippen LogP contribution in [0.2, 0.25) is 0 Å². The van der Waals surface area contributed by atoms with E-state index < -0.39 is 9.84 Å². The van der Waals surface area contributed by atoms with Gasteiger partial charge in [0.05, 0.1) is 11.5 Å². The van der Waals surface area contributed by atoms with Crippen LogP contribution in [-0.4, -0.2) is 32.5 Å². The fourth-order valence-corrected chi connectivity index (χ4v) is 3.94. The quantitative estimate of drug-likeness (QED) is 0.681. The third kappa shape index (κ3) is 7.23. The lowest BCUT2D eigenvalue weighted by Crippen LogP contribution is -2.36. The predicted octanol–water partition coefficient (Wildman–Crippen LogP) is 2.23. The maximum absolute atomic E-state index is 11.9. The van der Waals surface area contributed by atoms with Gasteiger partial charge >= 0.3 is 0 Å². The van der Waals surface area contributed by atoms with Crippen molar-refractivity contribution in [3.63, 3.8) is 0 Å². The molecule has 0 saturated carbocycles. The number of hydrogen-bond donors (Lipinski definition) is 1. The second-order valence-corrected chi connectivity index (χ2v) is 6.79. The minimum Gasteiger partial charge on any atom is -0.313 e. The van der Waals surface area contributed by atoms with E-state index in [0.29, 0.717) is 11.5 Å². The molecule has 0 aromatic rings. The topological polar surface area (TPSA) is 46.2 Å². The molecule has 0 aliphatic heterocycles. The Morgan fingerprint density at radius 2 is 1.75 bits per heavy atom. The summed E-state index contributed by atoms with van der Waals surface area (Å²) in [6.07, 6.45) is 2.89. The first-order valence-corrected chi connectivity index (χ1v) is 8.21. The average Bonchev–Trinajstić information content (AvgIpc) is 2.17. The first kappa shape index (κ1) is 15.9. The summed E-state index contributed by atoms with van der Waals surface area (Å²) in [5.74, 6) is 0.891. The van der Waals surface area contributed by atoms with Gasteiger partial charge < -0.3 is 5.32 Å². The van der Waals surface area contributed by atoms with Gasteiger partial charge in [-0.3, -0.25) is 0 Å². The van der Waals surface area contributed by atoms with Crippen molar-refractivity contribution < 1.29 is 8.42 Å². The van der Waals surface area contributed by atoms with Crippen LogP contribution in [0.5, 0.6) is 0 Å². The lowest BCUT2D eigenvalue weighted by molar-refractivity contribution is 0.506. The molecule has 0 bridgehead atoms. The first-order chi connectivity index (χ1) is 7.45. The molecule has 2 unspecified atom stereocenters. The molecule has 2 atom stereocenters. The number of rotatable bonds is 9. The highest BCUT2D eigenvalue weighted by molar-refractivity contribution is 7.91. The molecule has 98 valence electrons. The molecule has 4 heteroatoms. The molecular weight excluding hydrogens is 222 g/mol. The average molecular weight is 249 g/mol. The highest BCUT2D eigenvalue weighted by Crippen LogP contribution is 2.09. The fourth-order valence-electron chi connectivity index (χ4n) is 1.81.